The van der Waals surface area contributed by atoms with E-state index in [0.29, 0.717) is 17.1 Å². The number of carboxylic acids is 1. The zero-order valence-electron chi connectivity index (χ0n) is 10.1. The van der Waals surface area contributed by atoms with Gasteiger partial charge in [0.2, 0.25) is 0 Å². The van der Waals surface area contributed by atoms with Crippen LogP contribution < -0.4 is 9.47 Å². The van der Waals surface area contributed by atoms with Crippen molar-refractivity contribution >= 4 is 12.0 Å². The molecule has 0 aliphatic heterocycles. The summed E-state index contributed by atoms with van der Waals surface area (Å²) in [5.74, 6) is -0.137. The molecule has 1 unspecified atom stereocenters. The molecule has 0 aromatic heterocycles. The second kappa shape index (κ2) is 6.30. The first kappa shape index (κ1) is 13.6. The number of methoxy groups -OCH3 is 1. The van der Waals surface area contributed by atoms with E-state index in [1.165, 1.54) is 13.2 Å². The molecule has 0 aliphatic rings. The quantitative estimate of drug-likeness (QED) is 0.806. The van der Waals surface area contributed by atoms with Gasteiger partial charge >= 0.3 is 5.97 Å². The van der Waals surface area contributed by atoms with Crippen LogP contribution in [0.25, 0.3) is 6.08 Å². The lowest BCUT2D eigenvalue weighted by atomic mass is 10.2. The normalized spacial score (nSPS) is 11.8. The van der Waals surface area contributed by atoms with Gasteiger partial charge in [0.15, 0.2) is 17.6 Å². The number of hydrogen-bond donors (Lipinski definition) is 1. The van der Waals surface area contributed by atoms with Crippen LogP contribution in [-0.4, -0.2) is 24.3 Å². The smallest absolute Gasteiger partial charge is 0.328 e. The van der Waals surface area contributed by atoms with Gasteiger partial charge in [-0.1, -0.05) is 6.07 Å². The molecule has 1 aromatic rings. The summed E-state index contributed by atoms with van der Waals surface area (Å²) in [4.78, 5) is 10.4. The summed E-state index contributed by atoms with van der Waals surface area (Å²) in [6.45, 7) is 1.61. The predicted octanol–water partition coefficient (Wildman–Crippen LogP) is 2.08. The molecule has 0 aliphatic carbocycles. The molecule has 5 nitrogen and oxygen atoms in total. The molecular weight excluding hydrogens is 234 g/mol. The third kappa shape index (κ3) is 3.83. The van der Waals surface area contributed by atoms with Gasteiger partial charge in [-0.25, -0.2) is 4.79 Å². The highest BCUT2D eigenvalue weighted by molar-refractivity contribution is 5.85. The van der Waals surface area contributed by atoms with E-state index in [2.05, 4.69) is 0 Å². The summed E-state index contributed by atoms with van der Waals surface area (Å²) in [6.07, 6.45) is 1.85. The van der Waals surface area contributed by atoms with E-state index in [-0.39, 0.29) is 0 Å². The molecule has 0 heterocycles. The van der Waals surface area contributed by atoms with E-state index >= 15 is 0 Å². The lowest BCUT2D eigenvalue weighted by Crippen LogP contribution is -2.09. The standard InChI is InChI=1S/C13H13NO4/c1-9(8-14)18-12-7-10(4-6-13(15)16)3-5-11(12)17-2/h3-7,9H,1-2H3,(H,15,16). The predicted molar refractivity (Wildman–Crippen MR) is 65.4 cm³/mol. The molecule has 18 heavy (non-hydrogen) atoms. The Morgan fingerprint density at radius 1 is 1.50 bits per heavy atom. The van der Waals surface area contributed by atoms with Crippen molar-refractivity contribution in [3.8, 4) is 17.6 Å². The first-order chi connectivity index (χ1) is 8.56. The molecule has 0 radical (unpaired) electrons. The number of rotatable bonds is 5. The Balaban J connectivity index is 3.02. The number of carbonyl (C=O) groups is 1. The van der Waals surface area contributed by atoms with E-state index in [1.54, 1.807) is 25.1 Å². The van der Waals surface area contributed by atoms with E-state index in [9.17, 15) is 4.79 Å². The molecule has 1 rings (SSSR count). The maximum absolute atomic E-state index is 10.4. The van der Waals surface area contributed by atoms with Gasteiger partial charge in [-0.05, 0) is 30.7 Å². The van der Waals surface area contributed by atoms with Gasteiger partial charge in [-0.2, -0.15) is 5.26 Å². The largest absolute Gasteiger partial charge is 0.493 e. The summed E-state index contributed by atoms with van der Waals surface area (Å²) in [5, 5.41) is 17.2. The minimum absolute atomic E-state index is 0.402. The summed E-state index contributed by atoms with van der Waals surface area (Å²) < 4.78 is 10.5. The molecule has 0 amide bonds. The fraction of sp³-hybridized carbons (Fsp3) is 0.231. The van der Waals surface area contributed by atoms with Crippen molar-refractivity contribution in [2.45, 2.75) is 13.0 Å². The Labute approximate surface area is 105 Å². The number of carboxylic acid groups (broad SMARTS) is 1. The van der Waals surface area contributed by atoms with E-state index in [1.807, 2.05) is 6.07 Å². The zero-order valence-corrected chi connectivity index (χ0v) is 10.1. The van der Waals surface area contributed by atoms with Crippen molar-refractivity contribution in [3.63, 3.8) is 0 Å². The number of hydrogen-bond acceptors (Lipinski definition) is 4. The Hall–Kier alpha value is -2.48. The van der Waals surface area contributed by atoms with Gasteiger partial charge in [0.1, 0.15) is 6.07 Å². The summed E-state index contributed by atoms with van der Waals surface area (Å²) >= 11 is 0. The maximum Gasteiger partial charge on any atom is 0.328 e. The van der Waals surface area contributed by atoms with Crippen molar-refractivity contribution in [1.82, 2.24) is 0 Å². The van der Waals surface area contributed by atoms with E-state index in [4.69, 9.17) is 19.8 Å². The van der Waals surface area contributed by atoms with Gasteiger partial charge in [0.25, 0.3) is 0 Å². The van der Waals surface area contributed by atoms with Crippen LogP contribution in [0.4, 0.5) is 0 Å². The molecule has 5 heteroatoms. The van der Waals surface area contributed by atoms with Crippen LogP contribution in [0.5, 0.6) is 11.5 Å². The van der Waals surface area contributed by atoms with Crippen LogP contribution in [0.1, 0.15) is 12.5 Å². The lowest BCUT2D eigenvalue weighted by molar-refractivity contribution is -0.131. The van der Waals surface area contributed by atoms with E-state index < -0.39 is 12.1 Å². The van der Waals surface area contributed by atoms with Crippen LogP contribution in [0.3, 0.4) is 0 Å². The molecule has 0 fully saturated rings. The average Bonchev–Trinajstić information content (AvgIpc) is 2.36. The van der Waals surface area contributed by atoms with Crippen LogP contribution >= 0.6 is 0 Å². The van der Waals surface area contributed by atoms with Crippen molar-refractivity contribution < 1.29 is 19.4 Å². The van der Waals surface area contributed by atoms with Crippen LogP contribution in [0.15, 0.2) is 24.3 Å². The second-order valence-electron chi connectivity index (χ2n) is 3.47. The Bertz CT molecular complexity index is 502. The molecule has 0 spiro atoms. The number of benzene rings is 1. The topological polar surface area (TPSA) is 79.6 Å². The van der Waals surface area contributed by atoms with Gasteiger partial charge in [0.05, 0.1) is 7.11 Å². The van der Waals surface area contributed by atoms with Gasteiger partial charge in [0, 0.05) is 6.08 Å². The van der Waals surface area contributed by atoms with Crippen LogP contribution in [-0.2, 0) is 4.79 Å². The lowest BCUT2D eigenvalue weighted by Gasteiger charge is -2.12. The van der Waals surface area contributed by atoms with Gasteiger partial charge in [-0.15, -0.1) is 0 Å². The molecule has 1 aromatic carbocycles. The van der Waals surface area contributed by atoms with Crippen molar-refractivity contribution in [1.29, 1.82) is 5.26 Å². The molecule has 0 saturated carbocycles. The van der Waals surface area contributed by atoms with Gasteiger partial charge in [-0.3, -0.25) is 0 Å². The number of nitrogens with zero attached hydrogens (tertiary/aromatic N) is 1. The Morgan fingerprint density at radius 2 is 2.22 bits per heavy atom. The Kier molecular flexibility index (Phi) is 4.76. The average molecular weight is 247 g/mol. The summed E-state index contributed by atoms with van der Waals surface area (Å²) in [7, 11) is 1.49. The molecule has 94 valence electrons. The minimum Gasteiger partial charge on any atom is -0.493 e. The van der Waals surface area contributed by atoms with Crippen LogP contribution in [0.2, 0.25) is 0 Å². The minimum atomic E-state index is -1.03. The molecular formula is C13H13NO4. The Morgan fingerprint density at radius 3 is 2.78 bits per heavy atom. The maximum atomic E-state index is 10.4. The molecule has 0 bridgehead atoms. The fourth-order valence-electron chi connectivity index (χ4n) is 1.27. The second-order valence-corrected chi connectivity index (χ2v) is 3.47. The highest BCUT2D eigenvalue weighted by Crippen LogP contribution is 2.29. The third-order valence-electron chi connectivity index (χ3n) is 2.09. The first-order valence-corrected chi connectivity index (χ1v) is 5.22. The van der Waals surface area contributed by atoms with Crippen molar-refractivity contribution in [2.24, 2.45) is 0 Å². The van der Waals surface area contributed by atoms with Crippen molar-refractivity contribution in [3.05, 3.63) is 29.8 Å². The van der Waals surface area contributed by atoms with Crippen LogP contribution in [0, 0.1) is 11.3 Å². The summed E-state index contributed by atoms with van der Waals surface area (Å²) in [6, 6.07) is 6.91. The third-order valence-corrected chi connectivity index (χ3v) is 2.09. The number of nitriles is 1. The van der Waals surface area contributed by atoms with Gasteiger partial charge < -0.3 is 14.6 Å². The highest BCUT2D eigenvalue weighted by atomic mass is 16.5. The van der Waals surface area contributed by atoms with E-state index in [0.717, 1.165) is 6.08 Å². The van der Waals surface area contributed by atoms with Crippen molar-refractivity contribution in [2.75, 3.05) is 7.11 Å². The fourth-order valence-corrected chi connectivity index (χ4v) is 1.27. The monoisotopic (exact) mass is 247 g/mol. The zero-order chi connectivity index (χ0) is 13.5. The highest BCUT2D eigenvalue weighted by Gasteiger charge is 2.08. The molecule has 1 atom stereocenters. The molecule has 1 N–H and O–H groups in total. The SMILES string of the molecule is COc1ccc(C=CC(=O)O)cc1OC(C)C#N. The first-order valence-electron chi connectivity index (χ1n) is 5.22. The molecule has 0 saturated heterocycles. The number of aliphatic carboxylic acids is 1. The summed E-state index contributed by atoms with van der Waals surface area (Å²) in [5.41, 5.74) is 0.651. The number of ether oxygens (including phenoxy) is 2.